The Labute approximate surface area is 189 Å². The van der Waals surface area contributed by atoms with Crippen LogP contribution in [0.3, 0.4) is 0 Å². The van der Waals surface area contributed by atoms with Gasteiger partial charge in [-0.1, -0.05) is 31.2 Å². The molecule has 146 valence electrons. The number of para-hydroxylation sites is 1. The Morgan fingerprint density at radius 1 is 0.828 bits per heavy atom. The van der Waals surface area contributed by atoms with E-state index in [4.69, 9.17) is 0 Å². The molecule has 1 aromatic heterocycles. The average Bonchev–Trinajstić information content (AvgIpc) is 3.35. The van der Waals surface area contributed by atoms with Crippen LogP contribution in [0.25, 0.3) is 27.4 Å². The first-order valence-electron chi connectivity index (χ1n) is 9.06. The molecular formula is C25H23F2NZr. The third-order valence-electron chi connectivity index (χ3n) is 5.12. The second-order valence-electron chi connectivity index (χ2n) is 6.87. The van der Waals surface area contributed by atoms with E-state index in [1.165, 1.54) is 44.2 Å². The first-order chi connectivity index (χ1) is 12.6. The zero-order valence-corrected chi connectivity index (χ0v) is 19.2. The maximum absolute atomic E-state index is 2.37. The molecule has 1 nitrogen and oxygen atoms in total. The van der Waals surface area contributed by atoms with Crippen LogP contribution >= 0.6 is 0 Å². The number of benzene rings is 2. The van der Waals surface area contributed by atoms with E-state index in [-0.39, 0.29) is 35.6 Å². The summed E-state index contributed by atoms with van der Waals surface area (Å²) in [5.41, 5.74) is 6.58. The van der Waals surface area contributed by atoms with Gasteiger partial charge in [0.05, 0.1) is 5.52 Å². The molecule has 0 spiro atoms. The van der Waals surface area contributed by atoms with E-state index in [2.05, 4.69) is 98.1 Å². The normalized spacial score (nSPS) is 9.76. The van der Waals surface area contributed by atoms with E-state index in [0.717, 1.165) is 0 Å². The van der Waals surface area contributed by atoms with Crippen LogP contribution in [-0.4, -0.2) is 4.57 Å². The molecule has 4 heteroatoms. The van der Waals surface area contributed by atoms with Gasteiger partial charge in [-0.05, 0) is 31.2 Å². The number of aryl methyl sites for hydroxylation is 2. The zero-order valence-electron chi connectivity index (χ0n) is 16.8. The number of fused-ring (bicyclic) bond motifs is 2. The molecular weight excluding hydrogens is 444 g/mol. The van der Waals surface area contributed by atoms with Crippen LogP contribution in [0.2, 0.25) is 0 Å². The van der Waals surface area contributed by atoms with Crippen molar-refractivity contribution in [2.45, 2.75) is 20.8 Å². The number of hydrogen-bond donors (Lipinski definition) is 0. The topological polar surface area (TPSA) is 4.93 Å². The van der Waals surface area contributed by atoms with E-state index in [1.807, 2.05) is 12.1 Å². The summed E-state index contributed by atoms with van der Waals surface area (Å²) in [6, 6.07) is 30.0. The molecule has 1 heterocycles. The van der Waals surface area contributed by atoms with Crippen LogP contribution in [-0.2, 0) is 26.2 Å². The van der Waals surface area contributed by atoms with Crippen molar-refractivity contribution in [1.29, 1.82) is 0 Å². The first-order valence-corrected chi connectivity index (χ1v) is 9.06. The molecule has 0 radical (unpaired) electrons. The van der Waals surface area contributed by atoms with Gasteiger partial charge < -0.3 is 14.0 Å². The van der Waals surface area contributed by atoms with Crippen molar-refractivity contribution < 1.29 is 35.6 Å². The average molecular weight is 467 g/mol. The summed E-state index contributed by atoms with van der Waals surface area (Å²) in [7, 11) is 0. The van der Waals surface area contributed by atoms with Gasteiger partial charge in [0.1, 0.15) is 0 Å². The first kappa shape index (κ1) is 24.7. The minimum absolute atomic E-state index is 0. The molecule has 0 aliphatic carbocycles. The Hall–Kier alpha value is -2.32. The quantitative estimate of drug-likeness (QED) is 0.323. The predicted octanol–water partition coefficient (Wildman–Crippen LogP) is 0.839. The summed E-state index contributed by atoms with van der Waals surface area (Å²) >= 11 is 0. The maximum Gasteiger partial charge on any atom is 4.00 e. The van der Waals surface area contributed by atoms with Crippen molar-refractivity contribution in [3.05, 3.63) is 102 Å². The van der Waals surface area contributed by atoms with Crippen molar-refractivity contribution in [3.8, 4) is 5.69 Å². The molecule has 0 aliphatic rings. The summed E-state index contributed by atoms with van der Waals surface area (Å²) in [5.74, 6) is 0. The van der Waals surface area contributed by atoms with Crippen molar-refractivity contribution >= 4 is 21.7 Å². The van der Waals surface area contributed by atoms with E-state index >= 15 is 0 Å². The molecule has 29 heavy (non-hydrogen) atoms. The number of aromatic nitrogens is 1. The fourth-order valence-corrected chi connectivity index (χ4v) is 3.60. The van der Waals surface area contributed by atoms with Crippen LogP contribution in [0, 0.1) is 20.8 Å². The van der Waals surface area contributed by atoms with E-state index in [1.54, 1.807) is 0 Å². The molecule has 5 rings (SSSR count). The van der Waals surface area contributed by atoms with Gasteiger partial charge >= 0.3 is 26.2 Å². The Bertz CT molecular complexity index is 1130. The van der Waals surface area contributed by atoms with Gasteiger partial charge in [-0.3, -0.25) is 0 Å². The number of hydrogen-bond acceptors (Lipinski definition) is 0. The molecule has 0 bridgehead atoms. The van der Waals surface area contributed by atoms with E-state index in [9.17, 15) is 0 Å². The molecule has 4 aromatic carbocycles. The van der Waals surface area contributed by atoms with Crippen molar-refractivity contribution in [1.82, 2.24) is 4.57 Å². The Morgan fingerprint density at radius 3 is 2.07 bits per heavy atom. The zero-order chi connectivity index (χ0) is 18.1. The predicted molar refractivity (Wildman–Crippen MR) is 113 cm³/mol. The monoisotopic (exact) mass is 465 g/mol. The Morgan fingerprint density at radius 2 is 1.45 bits per heavy atom. The molecule has 0 N–H and O–H groups in total. The minimum atomic E-state index is 0. The summed E-state index contributed by atoms with van der Waals surface area (Å²) in [5, 5.41) is 3.95. The van der Waals surface area contributed by atoms with Crippen LogP contribution in [0.1, 0.15) is 16.8 Å². The standard InChI is InChI=1S/C19H16N.C6H7.2FH.Zr/c1-13-14(2)20(19-10-6-5-9-18(13)19)17-11-15-7-3-4-8-16(15)12-17;1-6-4-2-3-5-6;;;/h3-12H,1-2H3;2-5H,1H3;2*1H;/q2*-1;;;+4/p-2. The van der Waals surface area contributed by atoms with Gasteiger partial charge in [0.15, 0.2) is 0 Å². The third-order valence-corrected chi connectivity index (χ3v) is 5.12. The van der Waals surface area contributed by atoms with Crippen LogP contribution in [0.15, 0.2) is 84.9 Å². The molecule has 0 unspecified atom stereocenters. The van der Waals surface area contributed by atoms with Crippen LogP contribution in [0.5, 0.6) is 0 Å². The fourth-order valence-electron chi connectivity index (χ4n) is 3.60. The van der Waals surface area contributed by atoms with Crippen LogP contribution in [0.4, 0.5) is 0 Å². The number of halogens is 2. The van der Waals surface area contributed by atoms with Crippen LogP contribution < -0.4 is 9.41 Å². The van der Waals surface area contributed by atoms with Crippen molar-refractivity contribution in [2.75, 3.05) is 0 Å². The number of nitrogens with zero attached hydrogens (tertiary/aromatic N) is 1. The summed E-state index contributed by atoms with van der Waals surface area (Å²) < 4.78 is 2.37. The van der Waals surface area contributed by atoms with Gasteiger partial charge in [0.2, 0.25) is 0 Å². The SMILES string of the molecule is C[c-]1cccc1.Cc1c(C)n(-c2cc3ccccc3[cH-]2)c2ccccc12.[F-].[F-].[Zr+4]. The van der Waals surface area contributed by atoms with Gasteiger partial charge in [0, 0.05) is 11.1 Å². The number of rotatable bonds is 1. The van der Waals surface area contributed by atoms with Crippen molar-refractivity contribution in [2.24, 2.45) is 0 Å². The largest absolute Gasteiger partial charge is 4.00 e. The summed E-state index contributed by atoms with van der Waals surface area (Å²) in [6.07, 6.45) is 0. The van der Waals surface area contributed by atoms with E-state index < -0.39 is 0 Å². The molecule has 0 atom stereocenters. The maximum atomic E-state index is 2.37. The third kappa shape index (κ3) is 4.82. The van der Waals surface area contributed by atoms with Crippen molar-refractivity contribution in [3.63, 3.8) is 0 Å². The second kappa shape index (κ2) is 10.5. The second-order valence-corrected chi connectivity index (χ2v) is 6.87. The summed E-state index contributed by atoms with van der Waals surface area (Å²) in [4.78, 5) is 0. The van der Waals surface area contributed by atoms with Gasteiger partial charge in [0.25, 0.3) is 0 Å². The van der Waals surface area contributed by atoms with E-state index in [0.29, 0.717) is 0 Å². The molecule has 0 saturated carbocycles. The Kier molecular flexibility index (Phi) is 8.91. The molecule has 0 fully saturated rings. The molecule has 0 saturated heterocycles. The van der Waals surface area contributed by atoms with Gasteiger partial charge in [-0.2, -0.15) is 17.7 Å². The molecule has 0 aliphatic heterocycles. The minimum Gasteiger partial charge on any atom is -1.00 e. The molecule has 0 amide bonds. The smallest absolute Gasteiger partial charge is 1.00 e. The van der Waals surface area contributed by atoms with Gasteiger partial charge in [-0.25, -0.2) is 12.1 Å². The Balaban J connectivity index is 0.000000408. The fraction of sp³-hybridized carbons (Fsp3) is 0.120. The molecule has 5 aromatic rings. The van der Waals surface area contributed by atoms with Gasteiger partial charge in [-0.15, -0.1) is 41.1 Å². The summed E-state index contributed by atoms with van der Waals surface area (Å²) in [6.45, 7) is 6.49.